The molecule has 3 aromatic rings. The molecule has 22 heavy (non-hydrogen) atoms. The van der Waals surface area contributed by atoms with Gasteiger partial charge in [0.05, 0.1) is 5.69 Å². The van der Waals surface area contributed by atoms with Crippen molar-refractivity contribution in [3.8, 4) is 0 Å². The zero-order valence-corrected chi connectivity index (χ0v) is 14.9. The van der Waals surface area contributed by atoms with Crippen LogP contribution in [0.15, 0.2) is 84.9 Å². The first-order chi connectivity index (χ1) is 10.7. The number of hydrogen-bond acceptors (Lipinski definition) is 1. The van der Waals surface area contributed by atoms with Gasteiger partial charge in [0.2, 0.25) is 7.29 Å². The Labute approximate surface area is 144 Å². The molecule has 0 heterocycles. The Balaban J connectivity index is 2.13. The zero-order valence-electron chi connectivity index (χ0n) is 11.8. The van der Waals surface area contributed by atoms with Crippen molar-refractivity contribution in [2.45, 2.75) is 0 Å². The number of anilines is 1. The maximum Gasteiger partial charge on any atom is 0.227 e. The molecule has 1 N–H and O–H groups in total. The smallest absolute Gasteiger partial charge is 0.227 e. The van der Waals surface area contributed by atoms with E-state index in [9.17, 15) is 4.57 Å². The van der Waals surface area contributed by atoms with Gasteiger partial charge >= 0.3 is 0 Å². The van der Waals surface area contributed by atoms with E-state index in [2.05, 4.69) is 27.7 Å². The first-order valence-electron chi connectivity index (χ1n) is 6.94. The molecular weight excluding hydrogens is 404 g/mol. The van der Waals surface area contributed by atoms with Crippen LogP contribution in [-0.2, 0) is 4.57 Å². The van der Waals surface area contributed by atoms with E-state index in [1.807, 2.05) is 84.9 Å². The van der Waals surface area contributed by atoms with E-state index in [0.717, 1.165) is 19.9 Å². The van der Waals surface area contributed by atoms with Gasteiger partial charge in [-0.2, -0.15) is 0 Å². The summed E-state index contributed by atoms with van der Waals surface area (Å²) < 4.78 is 14.9. The minimum atomic E-state index is -2.93. The predicted molar refractivity (Wildman–Crippen MR) is 103 cm³/mol. The number of hydrogen-bond donors (Lipinski definition) is 1. The summed E-state index contributed by atoms with van der Waals surface area (Å²) in [4.78, 5) is 0. The number of para-hydroxylation sites is 1. The van der Waals surface area contributed by atoms with Crippen LogP contribution in [0.1, 0.15) is 0 Å². The van der Waals surface area contributed by atoms with Crippen molar-refractivity contribution in [3.63, 3.8) is 0 Å². The summed E-state index contributed by atoms with van der Waals surface area (Å²) in [7, 11) is -2.93. The molecule has 0 aliphatic carbocycles. The van der Waals surface area contributed by atoms with Crippen molar-refractivity contribution < 1.29 is 4.57 Å². The van der Waals surface area contributed by atoms with Crippen LogP contribution < -0.4 is 15.7 Å². The number of halogens is 1. The molecule has 4 heteroatoms. The molecule has 0 fully saturated rings. The van der Waals surface area contributed by atoms with E-state index in [4.69, 9.17) is 0 Å². The van der Waals surface area contributed by atoms with Crippen molar-refractivity contribution in [1.29, 1.82) is 0 Å². The minimum Gasteiger partial charge on any atom is -0.328 e. The van der Waals surface area contributed by atoms with Crippen LogP contribution >= 0.6 is 29.9 Å². The molecule has 110 valence electrons. The Kier molecular flexibility index (Phi) is 4.65. The fraction of sp³-hybridized carbons (Fsp3) is 0. The van der Waals surface area contributed by atoms with Crippen molar-refractivity contribution in [1.82, 2.24) is 0 Å². The molecule has 3 rings (SSSR count). The molecular formula is C18H15INOP. The SMILES string of the molecule is O=P(Nc1ccccc1I)(c1ccccc1)c1ccccc1. The first-order valence-corrected chi connectivity index (χ1v) is 9.73. The van der Waals surface area contributed by atoms with E-state index in [0.29, 0.717) is 0 Å². The van der Waals surface area contributed by atoms with Gasteiger partial charge in [-0.05, 0) is 59.0 Å². The summed E-state index contributed by atoms with van der Waals surface area (Å²) in [5.41, 5.74) is 0.888. The normalized spacial score (nSPS) is 11.1. The molecule has 0 radical (unpaired) electrons. The molecule has 0 spiro atoms. The van der Waals surface area contributed by atoms with Crippen molar-refractivity contribution >= 4 is 46.2 Å². The fourth-order valence-corrected chi connectivity index (χ4v) is 5.29. The van der Waals surface area contributed by atoms with Crippen molar-refractivity contribution in [2.24, 2.45) is 0 Å². The topological polar surface area (TPSA) is 29.1 Å². The van der Waals surface area contributed by atoms with E-state index < -0.39 is 7.29 Å². The number of nitrogens with one attached hydrogen (secondary N) is 1. The van der Waals surface area contributed by atoms with Crippen LogP contribution in [0.3, 0.4) is 0 Å². The van der Waals surface area contributed by atoms with Gasteiger partial charge in [0.1, 0.15) is 0 Å². The second-order valence-corrected chi connectivity index (χ2v) is 8.51. The molecule has 0 bridgehead atoms. The number of benzene rings is 3. The van der Waals surface area contributed by atoms with Gasteiger partial charge in [-0.15, -0.1) is 0 Å². The summed E-state index contributed by atoms with van der Waals surface area (Å²) in [5.74, 6) is 0. The van der Waals surface area contributed by atoms with Crippen molar-refractivity contribution in [3.05, 3.63) is 88.5 Å². The Morgan fingerprint density at radius 2 is 1.14 bits per heavy atom. The summed E-state index contributed by atoms with van der Waals surface area (Å²) in [6, 6.07) is 27.1. The molecule has 0 aliphatic rings. The average Bonchev–Trinajstić information content (AvgIpc) is 2.58. The van der Waals surface area contributed by atoms with E-state index in [1.165, 1.54) is 0 Å². The molecule has 0 amide bonds. The molecule has 0 aromatic heterocycles. The molecule has 0 aliphatic heterocycles. The zero-order chi connectivity index (χ0) is 15.4. The summed E-state index contributed by atoms with van der Waals surface area (Å²) in [6.07, 6.45) is 0. The lowest BCUT2D eigenvalue weighted by Gasteiger charge is -2.22. The molecule has 0 saturated carbocycles. The second kappa shape index (κ2) is 6.67. The van der Waals surface area contributed by atoms with Crippen LogP contribution in [0.2, 0.25) is 0 Å². The maximum absolute atomic E-state index is 13.8. The molecule has 0 unspecified atom stereocenters. The Morgan fingerprint density at radius 3 is 1.64 bits per heavy atom. The fourth-order valence-electron chi connectivity index (χ4n) is 2.28. The van der Waals surface area contributed by atoms with E-state index in [1.54, 1.807) is 0 Å². The third-order valence-corrected chi connectivity index (χ3v) is 6.94. The first kappa shape index (κ1) is 15.3. The van der Waals surface area contributed by atoms with E-state index in [-0.39, 0.29) is 0 Å². The van der Waals surface area contributed by atoms with Gasteiger partial charge in [0, 0.05) is 14.2 Å². The minimum absolute atomic E-state index is 0.806. The van der Waals surface area contributed by atoms with Gasteiger partial charge in [0.15, 0.2) is 0 Å². The van der Waals surface area contributed by atoms with Gasteiger partial charge in [-0.3, -0.25) is 4.57 Å². The van der Waals surface area contributed by atoms with Crippen LogP contribution in [0.25, 0.3) is 0 Å². The molecule has 3 aromatic carbocycles. The largest absolute Gasteiger partial charge is 0.328 e. The third kappa shape index (κ3) is 3.11. The highest BCUT2D eigenvalue weighted by molar-refractivity contribution is 14.1. The summed E-state index contributed by atoms with van der Waals surface area (Å²) in [5, 5.41) is 4.92. The highest BCUT2D eigenvalue weighted by atomic mass is 127. The summed E-state index contributed by atoms with van der Waals surface area (Å²) in [6.45, 7) is 0. The molecule has 0 atom stereocenters. The lowest BCUT2D eigenvalue weighted by molar-refractivity contribution is 0.590. The highest BCUT2D eigenvalue weighted by Gasteiger charge is 2.27. The summed E-state index contributed by atoms with van der Waals surface area (Å²) >= 11 is 2.26. The lowest BCUT2D eigenvalue weighted by atomic mass is 10.3. The predicted octanol–water partition coefficient (Wildman–Crippen LogP) is 4.63. The standard InChI is InChI=1S/C18H15INOP/c19-17-13-7-8-14-18(17)20-22(21,15-9-3-1-4-10-15)16-11-5-2-6-12-16/h1-14H,(H,20,21). The van der Waals surface area contributed by atoms with Gasteiger partial charge in [-0.25, -0.2) is 0 Å². The molecule has 2 nitrogen and oxygen atoms in total. The van der Waals surface area contributed by atoms with Crippen LogP contribution in [0.4, 0.5) is 5.69 Å². The van der Waals surface area contributed by atoms with Crippen molar-refractivity contribution in [2.75, 3.05) is 5.09 Å². The number of rotatable bonds is 4. The van der Waals surface area contributed by atoms with Gasteiger partial charge in [-0.1, -0.05) is 48.5 Å². The van der Waals surface area contributed by atoms with Crippen LogP contribution in [0, 0.1) is 3.57 Å². The Hall–Kier alpha value is -1.58. The Morgan fingerprint density at radius 1 is 0.682 bits per heavy atom. The van der Waals surface area contributed by atoms with E-state index >= 15 is 0 Å². The second-order valence-electron chi connectivity index (χ2n) is 4.87. The maximum atomic E-state index is 13.8. The highest BCUT2D eigenvalue weighted by Crippen LogP contribution is 2.44. The Bertz CT molecular complexity index is 762. The van der Waals surface area contributed by atoms with Crippen LogP contribution in [-0.4, -0.2) is 0 Å². The molecule has 0 saturated heterocycles. The van der Waals surface area contributed by atoms with Gasteiger partial charge in [0.25, 0.3) is 0 Å². The van der Waals surface area contributed by atoms with Crippen LogP contribution in [0.5, 0.6) is 0 Å². The third-order valence-electron chi connectivity index (χ3n) is 3.39. The quantitative estimate of drug-likeness (QED) is 0.494. The average molecular weight is 419 g/mol. The lowest BCUT2D eigenvalue weighted by Crippen LogP contribution is -2.21. The monoisotopic (exact) mass is 419 g/mol. The van der Waals surface area contributed by atoms with Gasteiger partial charge < -0.3 is 5.09 Å².